The van der Waals surface area contributed by atoms with Gasteiger partial charge in [-0.1, -0.05) is 13.8 Å². The highest BCUT2D eigenvalue weighted by atomic mass is 32.2. The maximum Gasteiger partial charge on any atom is 0.246 e. The predicted molar refractivity (Wildman–Crippen MR) is 56.8 cm³/mol. The number of amides is 1. The first-order chi connectivity index (χ1) is 6.16. The number of nitrogens with one attached hydrogen (secondary N) is 1. The van der Waals surface area contributed by atoms with E-state index in [-0.39, 0.29) is 12.5 Å². The smallest absolute Gasteiger partial charge is 0.246 e. The SMILES string of the molecule is CSCOCC(=O)NCCC(C)C. The van der Waals surface area contributed by atoms with Gasteiger partial charge in [0.1, 0.15) is 6.61 Å². The molecule has 0 aliphatic carbocycles. The van der Waals surface area contributed by atoms with Crippen LogP contribution in [-0.4, -0.2) is 31.3 Å². The molecule has 0 fully saturated rings. The highest BCUT2D eigenvalue weighted by molar-refractivity contribution is 7.98. The van der Waals surface area contributed by atoms with Gasteiger partial charge < -0.3 is 10.1 Å². The summed E-state index contributed by atoms with van der Waals surface area (Å²) in [6, 6.07) is 0. The Bertz CT molecular complexity index is 140. The molecule has 0 aromatic rings. The van der Waals surface area contributed by atoms with E-state index in [2.05, 4.69) is 19.2 Å². The van der Waals surface area contributed by atoms with Crippen LogP contribution in [0.3, 0.4) is 0 Å². The van der Waals surface area contributed by atoms with Crippen molar-refractivity contribution in [2.24, 2.45) is 5.92 Å². The van der Waals surface area contributed by atoms with Crippen LogP contribution in [0.2, 0.25) is 0 Å². The van der Waals surface area contributed by atoms with Crippen LogP contribution < -0.4 is 5.32 Å². The molecule has 1 amide bonds. The third kappa shape index (κ3) is 9.70. The second-order valence-electron chi connectivity index (χ2n) is 3.29. The molecule has 0 radical (unpaired) electrons. The average molecular weight is 205 g/mol. The molecule has 0 rings (SSSR count). The largest absolute Gasteiger partial charge is 0.361 e. The van der Waals surface area contributed by atoms with Gasteiger partial charge in [-0.15, -0.1) is 11.8 Å². The second kappa shape index (κ2) is 8.38. The quantitative estimate of drug-likeness (QED) is 0.505. The zero-order valence-electron chi connectivity index (χ0n) is 8.63. The zero-order valence-corrected chi connectivity index (χ0v) is 9.45. The molecule has 0 aromatic heterocycles. The van der Waals surface area contributed by atoms with E-state index < -0.39 is 0 Å². The van der Waals surface area contributed by atoms with Gasteiger partial charge in [0, 0.05) is 6.54 Å². The maximum atomic E-state index is 11.1. The Balaban J connectivity index is 3.20. The molecule has 0 atom stereocenters. The third-order valence-corrected chi connectivity index (χ3v) is 1.88. The normalized spacial score (nSPS) is 10.5. The molecule has 1 N–H and O–H groups in total. The van der Waals surface area contributed by atoms with Gasteiger partial charge in [0.2, 0.25) is 5.91 Å². The number of hydrogen-bond acceptors (Lipinski definition) is 3. The minimum absolute atomic E-state index is 0.0188. The van der Waals surface area contributed by atoms with Crippen molar-refractivity contribution in [2.45, 2.75) is 20.3 Å². The predicted octanol–water partition coefficient (Wildman–Crippen LogP) is 1.49. The molecular formula is C9H19NO2S. The lowest BCUT2D eigenvalue weighted by Crippen LogP contribution is -2.29. The van der Waals surface area contributed by atoms with Gasteiger partial charge in [-0.05, 0) is 18.6 Å². The molecular weight excluding hydrogens is 186 g/mol. The third-order valence-electron chi connectivity index (χ3n) is 1.48. The molecule has 0 heterocycles. The fourth-order valence-electron chi connectivity index (χ4n) is 0.769. The summed E-state index contributed by atoms with van der Waals surface area (Å²) >= 11 is 1.57. The van der Waals surface area contributed by atoms with Crippen molar-refractivity contribution in [1.29, 1.82) is 0 Å². The van der Waals surface area contributed by atoms with Gasteiger partial charge in [0.15, 0.2) is 0 Å². The number of rotatable bonds is 7. The second-order valence-corrected chi connectivity index (χ2v) is 4.10. The highest BCUT2D eigenvalue weighted by Gasteiger charge is 2.00. The molecule has 0 saturated heterocycles. The molecule has 4 heteroatoms. The molecule has 13 heavy (non-hydrogen) atoms. The van der Waals surface area contributed by atoms with Crippen LogP contribution in [0.15, 0.2) is 0 Å². The number of carbonyl (C=O) groups excluding carboxylic acids is 1. The summed E-state index contributed by atoms with van der Waals surface area (Å²) in [5.74, 6) is 1.19. The molecule has 0 aromatic carbocycles. The standard InChI is InChI=1S/C9H19NO2S/c1-8(2)4-5-10-9(11)6-12-7-13-3/h8H,4-7H2,1-3H3,(H,10,11). The van der Waals surface area contributed by atoms with Gasteiger partial charge in [-0.2, -0.15) is 0 Å². The van der Waals surface area contributed by atoms with Crippen molar-refractivity contribution >= 4 is 17.7 Å². The highest BCUT2D eigenvalue weighted by Crippen LogP contribution is 1.96. The monoisotopic (exact) mass is 205 g/mol. The van der Waals surface area contributed by atoms with E-state index in [1.165, 1.54) is 0 Å². The van der Waals surface area contributed by atoms with Crippen LogP contribution >= 0.6 is 11.8 Å². The number of ether oxygens (including phenoxy) is 1. The summed E-state index contributed by atoms with van der Waals surface area (Å²) in [6.45, 7) is 5.20. The fraction of sp³-hybridized carbons (Fsp3) is 0.889. The average Bonchev–Trinajstić information content (AvgIpc) is 2.04. The fourth-order valence-corrected chi connectivity index (χ4v) is 1.02. The first-order valence-corrected chi connectivity index (χ1v) is 5.89. The lowest BCUT2D eigenvalue weighted by atomic mass is 10.1. The number of hydrogen-bond donors (Lipinski definition) is 1. The molecule has 0 aliphatic heterocycles. The first-order valence-electron chi connectivity index (χ1n) is 4.50. The van der Waals surface area contributed by atoms with Crippen LogP contribution in [0.25, 0.3) is 0 Å². The maximum absolute atomic E-state index is 11.1. The van der Waals surface area contributed by atoms with E-state index in [0.29, 0.717) is 11.9 Å². The molecule has 0 bridgehead atoms. The van der Waals surface area contributed by atoms with Gasteiger partial charge in [0.05, 0.1) is 5.94 Å². The van der Waals surface area contributed by atoms with Crippen LogP contribution in [0.1, 0.15) is 20.3 Å². The van der Waals surface area contributed by atoms with E-state index >= 15 is 0 Å². The van der Waals surface area contributed by atoms with Crippen LogP contribution in [0.4, 0.5) is 0 Å². The Hall–Kier alpha value is -0.220. The van der Waals surface area contributed by atoms with Crippen LogP contribution in [0, 0.1) is 5.92 Å². The molecule has 78 valence electrons. The Morgan fingerprint density at radius 3 is 2.77 bits per heavy atom. The summed E-state index contributed by atoms with van der Waals surface area (Å²) in [6.07, 6.45) is 2.96. The number of carbonyl (C=O) groups is 1. The molecule has 0 aliphatic rings. The summed E-state index contributed by atoms with van der Waals surface area (Å²) in [5, 5.41) is 2.80. The minimum Gasteiger partial charge on any atom is -0.361 e. The summed E-state index contributed by atoms with van der Waals surface area (Å²) in [5.41, 5.74) is 0. The van der Waals surface area contributed by atoms with Crippen molar-refractivity contribution < 1.29 is 9.53 Å². The lowest BCUT2D eigenvalue weighted by Gasteiger charge is -2.06. The summed E-state index contributed by atoms with van der Waals surface area (Å²) < 4.78 is 5.05. The Morgan fingerprint density at radius 1 is 1.54 bits per heavy atom. The van der Waals surface area contributed by atoms with Crippen molar-refractivity contribution in [1.82, 2.24) is 5.32 Å². The van der Waals surface area contributed by atoms with Crippen LogP contribution in [-0.2, 0) is 9.53 Å². The van der Waals surface area contributed by atoms with E-state index in [0.717, 1.165) is 13.0 Å². The first kappa shape index (κ1) is 12.8. The topological polar surface area (TPSA) is 38.3 Å². The molecule has 0 unspecified atom stereocenters. The van der Waals surface area contributed by atoms with E-state index in [1.54, 1.807) is 11.8 Å². The molecule has 3 nitrogen and oxygen atoms in total. The summed E-state index contributed by atoms with van der Waals surface area (Å²) in [7, 11) is 0. The zero-order chi connectivity index (χ0) is 10.1. The van der Waals surface area contributed by atoms with Gasteiger partial charge in [0.25, 0.3) is 0 Å². The van der Waals surface area contributed by atoms with Gasteiger partial charge >= 0.3 is 0 Å². The van der Waals surface area contributed by atoms with Gasteiger partial charge in [-0.25, -0.2) is 0 Å². The van der Waals surface area contributed by atoms with E-state index in [9.17, 15) is 4.79 Å². The van der Waals surface area contributed by atoms with Crippen molar-refractivity contribution in [3.63, 3.8) is 0 Å². The molecule has 0 saturated carbocycles. The lowest BCUT2D eigenvalue weighted by molar-refractivity contribution is -0.124. The minimum atomic E-state index is -0.0188. The Morgan fingerprint density at radius 2 is 2.23 bits per heavy atom. The van der Waals surface area contributed by atoms with Crippen molar-refractivity contribution in [2.75, 3.05) is 25.3 Å². The summed E-state index contributed by atoms with van der Waals surface area (Å²) in [4.78, 5) is 11.1. The number of thioether (sulfide) groups is 1. The van der Waals surface area contributed by atoms with Crippen molar-refractivity contribution in [3.05, 3.63) is 0 Å². The van der Waals surface area contributed by atoms with Gasteiger partial charge in [-0.3, -0.25) is 4.79 Å². The van der Waals surface area contributed by atoms with E-state index in [1.807, 2.05) is 6.26 Å². The Kier molecular flexibility index (Phi) is 8.24. The van der Waals surface area contributed by atoms with E-state index in [4.69, 9.17) is 4.74 Å². The Labute approximate surface area is 84.6 Å². The van der Waals surface area contributed by atoms with Crippen molar-refractivity contribution in [3.8, 4) is 0 Å². The van der Waals surface area contributed by atoms with Crippen LogP contribution in [0.5, 0.6) is 0 Å². The molecule has 0 spiro atoms.